The van der Waals surface area contributed by atoms with Crippen LogP contribution in [0.15, 0.2) is 60.9 Å². The number of imidazole rings is 1. The molecule has 3 aromatic rings. The van der Waals surface area contributed by atoms with E-state index in [4.69, 9.17) is 5.11 Å². The lowest BCUT2D eigenvalue weighted by molar-refractivity contribution is 0.282. The van der Waals surface area contributed by atoms with E-state index in [2.05, 4.69) is 46.8 Å². The Labute approximate surface area is 130 Å². The third-order valence-corrected chi connectivity index (χ3v) is 3.96. The van der Waals surface area contributed by atoms with Gasteiger partial charge in [0.05, 0.1) is 6.61 Å². The van der Waals surface area contributed by atoms with Crippen LogP contribution in [0.2, 0.25) is 0 Å². The molecule has 3 rings (SSSR count). The summed E-state index contributed by atoms with van der Waals surface area (Å²) in [6.07, 6.45) is 8.26. The van der Waals surface area contributed by atoms with Crippen molar-refractivity contribution in [3.63, 3.8) is 0 Å². The highest BCUT2D eigenvalue weighted by molar-refractivity contribution is 5.67. The first kappa shape index (κ1) is 14.5. The first-order chi connectivity index (χ1) is 10.7. The van der Waals surface area contributed by atoms with Crippen LogP contribution in [-0.4, -0.2) is 14.5 Å². The Hall–Kier alpha value is -2.39. The van der Waals surface area contributed by atoms with Crippen LogP contribution in [-0.2, 0) is 6.61 Å². The summed E-state index contributed by atoms with van der Waals surface area (Å²) in [4.78, 5) is 4.53. The first-order valence-electron chi connectivity index (χ1n) is 7.53. The second-order valence-corrected chi connectivity index (χ2v) is 5.50. The van der Waals surface area contributed by atoms with E-state index < -0.39 is 0 Å². The van der Waals surface area contributed by atoms with Crippen LogP contribution in [0.4, 0.5) is 0 Å². The number of rotatable bonds is 4. The fourth-order valence-electron chi connectivity index (χ4n) is 2.71. The summed E-state index contributed by atoms with van der Waals surface area (Å²) in [5.74, 6) is 0.342. The quantitative estimate of drug-likeness (QED) is 0.733. The zero-order valence-electron chi connectivity index (χ0n) is 12.9. The highest BCUT2D eigenvalue weighted by atomic mass is 16.3. The summed E-state index contributed by atoms with van der Waals surface area (Å²) in [6.45, 7) is 4.28. The molecule has 0 bridgehead atoms. The number of fused-ring (bicyclic) bond motifs is 1. The summed E-state index contributed by atoms with van der Waals surface area (Å²) in [5.41, 5.74) is 5.33. The van der Waals surface area contributed by atoms with Crippen molar-refractivity contribution in [3.05, 3.63) is 72.2 Å². The van der Waals surface area contributed by atoms with E-state index in [1.54, 1.807) is 0 Å². The zero-order chi connectivity index (χ0) is 15.5. The van der Waals surface area contributed by atoms with Crippen LogP contribution >= 0.6 is 0 Å². The monoisotopic (exact) mass is 292 g/mol. The lowest BCUT2D eigenvalue weighted by Gasteiger charge is -2.08. The molecule has 22 heavy (non-hydrogen) atoms. The van der Waals surface area contributed by atoms with E-state index in [0.717, 1.165) is 22.3 Å². The van der Waals surface area contributed by atoms with E-state index in [0.29, 0.717) is 5.92 Å². The van der Waals surface area contributed by atoms with Gasteiger partial charge in [-0.1, -0.05) is 43.3 Å². The molecule has 2 heterocycles. The van der Waals surface area contributed by atoms with Crippen molar-refractivity contribution in [2.24, 2.45) is 0 Å². The molecule has 0 fully saturated rings. The van der Waals surface area contributed by atoms with Gasteiger partial charge in [-0.05, 0) is 35.7 Å². The molecule has 0 spiro atoms. The molecule has 112 valence electrons. The predicted molar refractivity (Wildman–Crippen MR) is 89.8 cm³/mol. The number of aromatic nitrogens is 2. The van der Waals surface area contributed by atoms with Gasteiger partial charge in [-0.2, -0.15) is 0 Å². The maximum absolute atomic E-state index is 9.12. The molecule has 0 aliphatic carbocycles. The number of benzene rings is 1. The van der Waals surface area contributed by atoms with E-state index in [-0.39, 0.29) is 6.61 Å². The summed E-state index contributed by atoms with van der Waals surface area (Å²) in [6, 6.07) is 12.2. The molecule has 2 aromatic heterocycles. The summed E-state index contributed by atoms with van der Waals surface area (Å²) in [5, 5.41) is 9.12. The van der Waals surface area contributed by atoms with Crippen molar-refractivity contribution in [1.29, 1.82) is 0 Å². The normalized spacial score (nSPS) is 13.0. The van der Waals surface area contributed by atoms with Gasteiger partial charge in [0.25, 0.3) is 0 Å². The fraction of sp³-hybridized carbons (Fsp3) is 0.211. The minimum absolute atomic E-state index is 0.0752. The van der Waals surface area contributed by atoms with Gasteiger partial charge >= 0.3 is 0 Å². The number of nitrogens with zero attached hydrogens (tertiary/aromatic N) is 2. The molecule has 0 aliphatic heterocycles. The van der Waals surface area contributed by atoms with Crippen LogP contribution in [0.3, 0.4) is 0 Å². The molecular weight excluding hydrogens is 272 g/mol. The lowest BCUT2D eigenvalue weighted by atomic mass is 10.0. The molecule has 1 unspecified atom stereocenters. The molecule has 3 heteroatoms. The van der Waals surface area contributed by atoms with E-state index in [1.165, 1.54) is 5.69 Å². The van der Waals surface area contributed by atoms with E-state index >= 15 is 0 Å². The van der Waals surface area contributed by atoms with Gasteiger partial charge in [-0.25, -0.2) is 4.98 Å². The third-order valence-electron chi connectivity index (χ3n) is 3.96. The topological polar surface area (TPSA) is 37.5 Å². The van der Waals surface area contributed by atoms with Gasteiger partial charge in [0.15, 0.2) is 0 Å². The standard InChI is InChI=1S/C19H20N2O/c1-3-4-14(2)18-12-20-19-11-17(9-10-21(18)19)16-7-5-15(13-22)6-8-16/h3-12,14,22H,13H2,1-2H3/b4-3-. The van der Waals surface area contributed by atoms with Crippen LogP contribution in [0.5, 0.6) is 0 Å². The van der Waals surface area contributed by atoms with Crippen LogP contribution in [0.25, 0.3) is 16.8 Å². The summed E-state index contributed by atoms with van der Waals surface area (Å²) < 4.78 is 2.14. The Morgan fingerprint density at radius 3 is 2.64 bits per heavy atom. The Morgan fingerprint density at radius 2 is 1.95 bits per heavy atom. The van der Waals surface area contributed by atoms with E-state index in [1.807, 2.05) is 37.4 Å². The minimum Gasteiger partial charge on any atom is -0.392 e. The average molecular weight is 292 g/mol. The highest BCUT2D eigenvalue weighted by Crippen LogP contribution is 2.24. The smallest absolute Gasteiger partial charge is 0.137 e. The first-order valence-corrected chi connectivity index (χ1v) is 7.53. The van der Waals surface area contributed by atoms with Gasteiger partial charge < -0.3 is 9.51 Å². The minimum atomic E-state index is 0.0752. The Kier molecular flexibility index (Phi) is 4.07. The second kappa shape index (κ2) is 6.16. The molecule has 0 saturated carbocycles. The van der Waals surface area contributed by atoms with Crippen LogP contribution < -0.4 is 0 Å². The fourth-order valence-corrected chi connectivity index (χ4v) is 2.71. The summed E-state index contributed by atoms with van der Waals surface area (Å²) in [7, 11) is 0. The molecule has 0 aliphatic rings. The molecule has 3 nitrogen and oxygen atoms in total. The van der Waals surface area contributed by atoms with Gasteiger partial charge in [0.2, 0.25) is 0 Å². The largest absolute Gasteiger partial charge is 0.392 e. The Morgan fingerprint density at radius 1 is 1.18 bits per heavy atom. The number of pyridine rings is 1. The molecule has 0 saturated heterocycles. The Balaban J connectivity index is 1.99. The van der Waals surface area contributed by atoms with Crippen LogP contribution in [0, 0.1) is 0 Å². The number of allylic oxidation sites excluding steroid dienone is 2. The molecular formula is C19H20N2O. The van der Waals surface area contributed by atoms with Crippen LogP contribution in [0.1, 0.15) is 31.0 Å². The second-order valence-electron chi connectivity index (χ2n) is 5.50. The molecule has 0 radical (unpaired) electrons. The van der Waals surface area contributed by atoms with Gasteiger partial charge in [0, 0.05) is 24.0 Å². The third kappa shape index (κ3) is 2.68. The maximum atomic E-state index is 9.12. The van der Waals surface area contributed by atoms with Crippen molar-refractivity contribution in [2.75, 3.05) is 0 Å². The molecule has 0 amide bonds. The Bertz CT molecular complexity index is 800. The average Bonchev–Trinajstić information content (AvgIpc) is 2.98. The summed E-state index contributed by atoms with van der Waals surface area (Å²) >= 11 is 0. The SMILES string of the molecule is C/C=C\C(C)c1cnc2cc(-c3ccc(CO)cc3)ccn12. The zero-order valence-corrected chi connectivity index (χ0v) is 12.9. The lowest BCUT2D eigenvalue weighted by Crippen LogP contribution is -1.96. The molecule has 1 atom stereocenters. The predicted octanol–water partition coefficient (Wildman–Crippen LogP) is 4.17. The van der Waals surface area contributed by atoms with Gasteiger partial charge in [-0.15, -0.1) is 0 Å². The number of hydrogen-bond acceptors (Lipinski definition) is 2. The maximum Gasteiger partial charge on any atom is 0.137 e. The number of aliphatic hydroxyl groups excluding tert-OH is 1. The number of aliphatic hydroxyl groups is 1. The number of hydrogen-bond donors (Lipinski definition) is 1. The molecule has 1 N–H and O–H groups in total. The van der Waals surface area contributed by atoms with Crippen molar-refractivity contribution >= 4 is 5.65 Å². The van der Waals surface area contributed by atoms with Crippen molar-refractivity contribution in [3.8, 4) is 11.1 Å². The van der Waals surface area contributed by atoms with Crippen molar-refractivity contribution in [2.45, 2.75) is 26.4 Å². The van der Waals surface area contributed by atoms with Crippen molar-refractivity contribution in [1.82, 2.24) is 9.38 Å². The van der Waals surface area contributed by atoms with Crippen molar-refractivity contribution < 1.29 is 5.11 Å². The molecule has 1 aromatic carbocycles. The van der Waals surface area contributed by atoms with E-state index in [9.17, 15) is 0 Å². The van der Waals surface area contributed by atoms with Gasteiger partial charge in [0.1, 0.15) is 5.65 Å². The highest BCUT2D eigenvalue weighted by Gasteiger charge is 2.09. The van der Waals surface area contributed by atoms with Gasteiger partial charge in [-0.3, -0.25) is 0 Å².